The quantitative estimate of drug-likeness (QED) is 0.787. The van der Waals surface area contributed by atoms with Crippen molar-refractivity contribution < 1.29 is 14.3 Å². The molecule has 16 heavy (non-hydrogen) atoms. The van der Waals surface area contributed by atoms with E-state index in [-0.39, 0.29) is 5.56 Å². The number of hydrogen-bond donors (Lipinski definition) is 1. The highest BCUT2D eigenvalue weighted by atomic mass is 16.4. The summed E-state index contributed by atoms with van der Waals surface area (Å²) in [6.45, 7) is 8.00. The van der Waals surface area contributed by atoms with Crippen LogP contribution in [0.25, 0.3) is 11.0 Å². The van der Waals surface area contributed by atoms with Crippen molar-refractivity contribution in [1.82, 2.24) is 0 Å². The van der Waals surface area contributed by atoms with Gasteiger partial charge in [0.2, 0.25) is 0 Å². The third-order valence-electron chi connectivity index (χ3n) is 1.70. The first-order chi connectivity index (χ1) is 7.77. The van der Waals surface area contributed by atoms with Crippen molar-refractivity contribution in [1.29, 1.82) is 0 Å². The molecule has 0 atom stereocenters. The molecule has 2 aromatic rings. The van der Waals surface area contributed by atoms with Crippen molar-refractivity contribution in [2.75, 3.05) is 0 Å². The maximum atomic E-state index is 10.5. The van der Waals surface area contributed by atoms with Crippen molar-refractivity contribution in [2.24, 2.45) is 0 Å². The van der Waals surface area contributed by atoms with E-state index in [1.807, 2.05) is 27.7 Å². The summed E-state index contributed by atoms with van der Waals surface area (Å²) in [5.41, 5.74) is 0.854. The Morgan fingerprint density at radius 1 is 1.12 bits per heavy atom. The van der Waals surface area contributed by atoms with E-state index in [0.29, 0.717) is 5.58 Å². The SMILES string of the molecule is CC.CC.O=C(O)c1ccc2ccoc2c1. The Balaban J connectivity index is 0.000000509. The Kier molecular flexibility index (Phi) is 6.68. The lowest BCUT2D eigenvalue weighted by atomic mass is 10.2. The summed E-state index contributed by atoms with van der Waals surface area (Å²) in [6.07, 6.45) is 1.54. The lowest BCUT2D eigenvalue weighted by Gasteiger charge is -1.92. The van der Waals surface area contributed by atoms with E-state index < -0.39 is 5.97 Å². The van der Waals surface area contributed by atoms with E-state index in [0.717, 1.165) is 5.39 Å². The maximum absolute atomic E-state index is 10.5. The molecule has 0 unspecified atom stereocenters. The first kappa shape index (κ1) is 14.2. The lowest BCUT2D eigenvalue weighted by molar-refractivity contribution is 0.0697. The van der Waals surface area contributed by atoms with Crippen LogP contribution < -0.4 is 0 Å². The molecule has 0 amide bonds. The van der Waals surface area contributed by atoms with Crippen LogP contribution in [-0.4, -0.2) is 11.1 Å². The third-order valence-corrected chi connectivity index (χ3v) is 1.70. The summed E-state index contributed by atoms with van der Waals surface area (Å²) in [5, 5.41) is 9.56. The van der Waals surface area contributed by atoms with Gasteiger partial charge in [0.15, 0.2) is 0 Å². The average molecular weight is 222 g/mol. The van der Waals surface area contributed by atoms with Crippen LogP contribution in [0.1, 0.15) is 38.1 Å². The van der Waals surface area contributed by atoms with Crippen molar-refractivity contribution in [3.8, 4) is 0 Å². The Bertz CT molecular complexity index is 429. The Hall–Kier alpha value is -1.77. The molecule has 0 fully saturated rings. The number of carboxylic acids is 1. The van der Waals surface area contributed by atoms with Gasteiger partial charge in [-0.2, -0.15) is 0 Å². The standard InChI is InChI=1S/C9H6O3.2C2H6/c10-9(11)7-2-1-6-3-4-12-8(6)5-7;2*1-2/h1-5H,(H,10,11);2*1-2H3. The van der Waals surface area contributed by atoms with Crippen LogP contribution in [0.15, 0.2) is 34.9 Å². The predicted octanol–water partition coefficient (Wildman–Crippen LogP) is 4.18. The Morgan fingerprint density at radius 3 is 2.31 bits per heavy atom. The molecule has 0 bridgehead atoms. The molecule has 88 valence electrons. The minimum Gasteiger partial charge on any atom is -0.478 e. The van der Waals surface area contributed by atoms with Crippen LogP contribution >= 0.6 is 0 Å². The van der Waals surface area contributed by atoms with Crippen LogP contribution in [0.3, 0.4) is 0 Å². The van der Waals surface area contributed by atoms with Crippen LogP contribution in [0, 0.1) is 0 Å². The van der Waals surface area contributed by atoms with E-state index >= 15 is 0 Å². The van der Waals surface area contributed by atoms with E-state index in [9.17, 15) is 4.79 Å². The van der Waals surface area contributed by atoms with Gasteiger partial charge in [-0.3, -0.25) is 0 Å². The molecule has 3 heteroatoms. The van der Waals surface area contributed by atoms with Crippen LogP contribution in [0.4, 0.5) is 0 Å². The number of hydrogen-bond acceptors (Lipinski definition) is 2. The van der Waals surface area contributed by atoms with Gasteiger partial charge in [0.1, 0.15) is 5.58 Å². The van der Waals surface area contributed by atoms with Crippen molar-refractivity contribution >= 4 is 16.9 Å². The largest absolute Gasteiger partial charge is 0.478 e. The second-order valence-corrected chi connectivity index (χ2v) is 2.48. The maximum Gasteiger partial charge on any atom is 0.335 e. The van der Waals surface area contributed by atoms with Crippen LogP contribution in [0.2, 0.25) is 0 Å². The first-order valence-corrected chi connectivity index (χ1v) is 5.48. The van der Waals surface area contributed by atoms with Crippen molar-refractivity contribution in [2.45, 2.75) is 27.7 Å². The molecule has 0 radical (unpaired) electrons. The highest BCUT2D eigenvalue weighted by Crippen LogP contribution is 2.16. The second-order valence-electron chi connectivity index (χ2n) is 2.48. The van der Waals surface area contributed by atoms with E-state index in [1.165, 1.54) is 12.3 Å². The molecule has 0 spiro atoms. The molecular formula is C13H18O3. The molecule has 1 N–H and O–H groups in total. The fraction of sp³-hybridized carbons (Fsp3) is 0.308. The molecule has 0 aliphatic rings. The number of rotatable bonds is 1. The highest BCUT2D eigenvalue weighted by molar-refractivity contribution is 5.92. The fourth-order valence-corrected chi connectivity index (χ4v) is 1.09. The van der Waals surface area contributed by atoms with Gasteiger partial charge in [0, 0.05) is 5.39 Å². The number of furan rings is 1. The number of aromatic carboxylic acids is 1. The highest BCUT2D eigenvalue weighted by Gasteiger charge is 2.04. The van der Waals surface area contributed by atoms with E-state index in [4.69, 9.17) is 9.52 Å². The van der Waals surface area contributed by atoms with Gasteiger partial charge in [-0.1, -0.05) is 33.8 Å². The third kappa shape index (κ3) is 3.42. The molecule has 1 aromatic heterocycles. The summed E-state index contributed by atoms with van der Waals surface area (Å²) < 4.78 is 5.05. The minimum absolute atomic E-state index is 0.248. The summed E-state index contributed by atoms with van der Waals surface area (Å²) in [7, 11) is 0. The summed E-state index contributed by atoms with van der Waals surface area (Å²) >= 11 is 0. The topological polar surface area (TPSA) is 50.4 Å². The number of carboxylic acid groups (broad SMARTS) is 1. The van der Waals surface area contributed by atoms with Gasteiger partial charge in [0.25, 0.3) is 0 Å². The van der Waals surface area contributed by atoms with Gasteiger partial charge in [-0.05, 0) is 18.2 Å². The molecule has 0 aliphatic carbocycles. The monoisotopic (exact) mass is 222 g/mol. The normalized spacial score (nSPS) is 8.50. The molecule has 1 aromatic carbocycles. The molecule has 1 heterocycles. The average Bonchev–Trinajstić information content (AvgIpc) is 2.81. The number of benzene rings is 1. The van der Waals surface area contributed by atoms with Gasteiger partial charge in [0.05, 0.1) is 11.8 Å². The van der Waals surface area contributed by atoms with Gasteiger partial charge in [-0.15, -0.1) is 0 Å². The number of carbonyl (C=O) groups is 1. The Morgan fingerprint density at radius 2 is 1.75 bits per heavy atom. The molecule has 3 nitrogen and oxygen atoms in total. The molecule has 0 saturated heterocycles. The van der Waals surface area contributed by atoms with Crippen molar-refractivity contribution in [3.05, 3.63) is 36.1 Å². The fourth-order valence-electron chi connectivity index (χ4n) is 1.09. The Labute approximate surface area is 95.7 Å². The molecule has 0 saturated carbocycles. The molecule has 2 rings (SSSR count). The van der Waals surface area contributed by atoms with Gasteiger partial charge in [-0.25, -0.2) is 4.79 Å². The molecular weight excluding hydrogens is 204 g/mol. The van der Waals surface area contributed by atoms with Crippen molar-refractivity contribution in [3.63, 3.8) is 0 Å². The minimum atomic E-state index is -0.937. The zero-order valence-corrected chi connectivity index (χ0v) is 10.2. The summed E-state index contributed by atoms with van der Waals surface area (Å²) in [6, 6.07) is 6.58. The van der Waals surface area contributed by atoms with E-state index in [1.54, 1.807) is 18.2 Å². The van der Waals surface area contributed by atoms with Crippen LogP contribution in [0.5, 0.6) is 0 Å². The van der Waals surface area contributed by atoms with Gasteiger partial charge >= 0.3 is 5.97 Å². The van der Waals surface area contributed by atoms with Crippen LogP contribution in [-0.2, 0) is 0 Å². The van der Waals surface area contributed by atoms with Gasteiger partial charge < -0.3 is 9.52 Å². The summed E-state index contributed by atoms with van der Waals surface area (Å²) in [5.74, 6) is -0.937. The lowest BCUT2D eigenvalue weighted by Crippen LogP contribution is -1.94. The zero-order valence-electron chi connectivity index (χ0n) is 10.2. The predicted molar refractivity (Wildman–Crippen MR) is 65.9 cm³/mol. The summed E-state index contributed by atoms with van der Waals surface area (Å²) in [4.78, 5) is 10.5. The zero-order chi connectivity index (χ0) is 12.6. The number of fused-ring (bicyclic) bond motifs is 1. The smallest absolute Gasteiger partial charge is 0.335 e. The molecule has 0 aliphatic heterocycles. The van der Waals surface area contributed by atoms with E-state index in [2.05, 4.69) is 0 Å². The second kappa shape index (κ2) is 7.51. The first-order valence-electron chi connectivity index (χ1n) is 5.48.